The van der Waals surface area contributed by atoms with Crippen molar-refractivity contribution >= 4 is 12.1 Å². The number of hydrogen-bond donors (Lipinski definition) is 1. The van der Waals surface area contributed by atoms with Gasteiger partial charge in [-0.15, -0.1) is 0 Å². The molecule has 0 heterocycles. The van der Waals surface area contributed by atoms with E-state index >= 15 is 0 Å². The zero-order chi connectivity index (χ0) is 17.6. The Bertz CT molecular complexity index is 448. The lowest BCUT2D eigenvalue weighted by Gasteiger charge is -2.31. The summed E-state index contributed by atoms with van der Waals surface area (Å²) >= 11 is 0. The molecule has 0 spiro atoms. The van der Waals surface area contributed by atoms with E-state index in [0.717, 1.165) is 25.7 Å². The fraction of sp³-hybridized carbons (Fsp3) is 0.778. The van der Waals surface area contributed by atoms with E-state index in [-0.39, 0.29) is 11.9 Å². The van der Waals surface area contributed by atoms with E-state index in [1.54, 1.807) is 27.7 Å². The molecule has 23 heavy (non-hydrogen) atoms. The van der Waals surface area contributed by atoms with Gasteiger partial charge in [0.05, 0.1) is 6.61 Å². The highest BCUT2D eigenvalue weighted by atomic mass is 16.6. The lowest BCUT2D eigenvalue weighted by atomic mass is 9.80. The number of amides is 1. The van der Waals surface area contributed by atoms with Crippen molar-refractivity contribution in [1.82, 2.24) is 5.32 Å². The van der Waals surface area contributed by atoms with E-state index in [2.05, 4.69) is 19.2 Å². The van der Waals surface area contributed by atoms with Gasteiger partial charge >= 0.3 is 12.1 Å². The van der Waals surface area contributed by atoms with Crippen LogP contribution in [0.2, 0.25) is 0 Å². The molecule has 1 saturated carbocycles. The van der Waals surface area contributed by atoms with Crippen LogP contribution in [0.15, 0.2) is 11.1 Å². The summed E-state index contributed by atoms with van der Waals surface area (Å²) in [4.78, 5) is 24.3. The van der Waals surface area contributed by atoms with Crippen LogP contribution in [0.4, 0.5) is 4.79 Å². The second kappa shape index (κ2) is 8.37. The minimum absolute atomic E-state index is 0.0877. The molecule has 0 aromatic carbocycles. The molecule has 1 atom stereocenters. The third-order valence-corrected chi connectivity index (χ3v) is 4.03. The minimum Gasteiger partial charge on any atom is -0.464 e. The number of rotatable bonds is 4. The molecule has 1 aliphatic rings. The molecule has 0 aromatic rings. The van der Waals surface area contributed by atoms with Gasteiger partial charge in [0.1, 0.15) is 11.6 Å². The first-order valence-electron chi connectivity index (χ1n) is 8.45. The molecule has 1 rings (SSSR count). The SMILES string of the molecule is CCOC(=O)C(NC(=O)OC(C)(C)C)C1CCC(=C(C)C)CC1. The number of alkyl carbamates (subject to hydrolysis) is 1. The Morgan fingerprint density at radius 2 is 1.78 bits per heavy atom. The van der Waals surface area contributed by atoms with Gasteiger partial charge in [-0.25, -0.2) is 9.59 Å². The molecule has 0 bridgehead atoms. The van der Waals surface area contributed by atoms with Crippen molar-refractivity contribution in [3.05, 3.63) is 11.1 Å². The van der Waals surface area contributed by atoms with Crippen molar-refractivity contribution in [2.45, 2.75) is 78.9 Å². The van der Waals surface area contributed by atoms with Gasteiger partial charge in [-0.05, 0) is 73.1 Å². The van der Waals surface area contributed by atoms with E-state index in [1.807, 2.05) is 0 Å². The van der Waals surface area contributed by atoms with Crippen molar-refractivity contribution in [2.75, 3.05) is 6.61 Å². The Morgan fingerprint density at radius 1 is 1.22 bits per heavy atom. The molecule has 1 aliphatic carbocycles. The highest BCUT2D eigenvalue weighted by Crippen LogP contribution is 2.32. The molecule has 5 heteroatoms. The Morgan fingerprint density at radius 3 is 2.22 bits per heavy atom. The summed E-state index contributed by atoms with van der Waals surface area (Å²) in [6.07, 6.45) is 3.13. The van der Waals surface area contributed by atoms with Crippen LogP contribution in [0.3, 0.4) is 0 Å². The monoisotopic (exact) mass is 325 g/mol. The molecule has 1 unspecified atom stereocenters. The highest BCUT2D eigenvalue weighted by Gasteiger charge is 2.34. The first-order valence-corrected chi connectivity index (χ1v) is 8.45. The largest absolute Gasteiger partial charge is 0.464 e. The number of carbonyl (C=O) groups is 2. The molecule has 1 amide bonds. The summed E-state index contributed by atoms with van der Waals surface area (Å²) < 4.78 is 10.4. The van der Waals surface area contributed by atoms with Crippen LogP contribution >= 0.6 is 0 Å². The number of ether oxygens (including phenoxy) is 2. The van der Waals surface area contributed by atoms with Crippen LogP contribution in [-0.4, -0.2) is 30.3 Å². The smallest absolute Gasteiger partial charge is 0.408 e. The number of carbonyl (C=O) groups excluding carboxylic acids is 2. The maximum absolute atomic E-state index is 12.3. The summed E-state index contributed by atoms with van der Waals surface area (Å²) in [7, 11) is 0. The maximum Gasteiger partial charge on any atom is 0.408 e. The van der Waals surface area contributed by atoms with Gasteiger partial charge in [0.2, 0.25) is 0 Å². The molecular weight excluding hydrogens is 294 g/mol. The molecule has 5 nitrogen and oxygen atoms in total. The Kier molecular flexibility index (Phi) is 7.10. The molecule has 1 N–H and O–H groups in total. The van der Waals surface area contributed by atoms with Crippen molar-refractivity contribution in [1.29, 1.82) is 0 Å². The van der Waals surface area contributed by atoms with Crippen LogP contribution in [0.1, 0.15) is 67.2 Å². The van der Waals surface area contributed by atoms with E-state index in [0.29, 0.717) is 6.61 Å². The van der Waals surface area contributed by atoms with Crippen LogP contribution in [0.5, 0.6) is 0 Å². The molecule has 132 valence electrons. The standard InChI is InChI=1S/C18H31NO4/c1-7-22-16(20)15(19-17(21)23-18(4,5)6)14-10-8-13(9-11-14)12(2)3/h14-15H,7-11H2,1-6H3,(H,19,21). The number of allylic oxidation sites excluding steroid dienone is 2. The predicted molar refractivity (Wildman–Crippen MR) is 90.1 cm³/mol. The summed E-state index contributed by atoms with van der Waals surface area (Å²) in [6, 6.07) is -0.636. The van der Waals surface area contributed by atoms with Crippen molar-refractivity contribution < 1.29 is 19.1 Å². The number of nitrogens with one attached hydrogen (secondary N) is 1. The first kappa shape index (κ1) is 19.5. The average Bonchev–Trinajstić information content (AvgIpc) is 2.43. The topological polar surface area (TPSA) is 64.6 Å². The van der Waals surface area contributed by atoms with Crippen LogP contribution < -0.4 is 5.32 Å². The third-order valence-electron chi connectivity index (χ3n) is 4.03. The van der Waals surface area contributed by atoms with Crippen LogP contribution in [0.25, 0.3) is 0 Å². The zero-order valence-electron chi connectivity index (χ0n) is 15.3. The Hall–Kier alpha value is -1.52. The fourth-order valence-electron chi connectivity index (χ4n) is 2.86. The predicted octanol–water partition coefficient (Wildman–Crippen LogP) is 3.97. The van der Waals surface area contributed by atoms with Gasteiger partial charge in [0.25, 0.3) is 0 Å². The fourth-order valence-corrected chi connectivity index (χ4v) is 2.86. The minimum atomic E-state index is -0.636. The average molecular weight is 325 g/mol. The summed E-state index contributed by atoms with van der Waals surface area (Å²) in [6.45, 7) is 11.7. The summed E-state index contributed by atoms with van der Waals surface area (Å²) in [5.74, 6) is -0.284. The normalized spacial score (nSPS) is 19.7. The van der Waals surface area contributed by atoms with Gasteiger partial charge in [-0.2, -0.15) is 0 Å². The number of esters is 1. The molecule has 1 fully saturated rings. The maximum atomic E-state index is 12.3. The van der Waals surface area contributed by atoms with Gasteiger partial charge in [-0.1, -0.05) is 11.1 Å². The van der Waals surface area contributed by atoms with Gasteiger partial charge in [0.15, 0.2) is 0 Å². The van der Waals surface area contributed by atoms with Gasteiger partial charge in [0, 0.05) is 0 Å². The number of hydrogen-bond acceptors (Lipinski definition) is 4. The van der Waals surface area contributed by atoms with Gasteiger partial charge < -0.3 is 14.8 Å². The molecule has 0 saturated heterocycles. The first-order chi connectivity index (χ1) is 10.6. The van der Waals surface area contributed by atoms with E-state index in [9.17, 15) is 9.59 Å². The summed E-state index contributed by atoms with van der Waals surface area (Å²) in [5, 5.41) is 2.72. The Labute approximate surface area is 139 Å². The zero-order valence-corrected chi connectivity index (χ0v) is 15.3. The third kappa shape index (κ3) is 6.63. The van der Waals surface area contributed by atoms with Gasteiger partial charge in [-0.3, -0.25) is 0 Å². The molecular formula is C18H31NO4. The quantitative estimate of drug-likeness (QED) is 0.627. The van der Waals surface area contributed by atoms with Crippen molar-refractivity contribution in [2.24, 2.45) is 5.92 Å². The molecule has 0 aliphatic heterocycles. The van der Waals surface area contributed by atoms with E-state index in [1.165, 1.54) is 11.1 Å². The van der Waals surface area contributed by atoms with Crippen molar-refractivity contribution in [3.63, 3.8) is 0 Å². The van der Waals surface area contributed by atoms with Crippen molar-refractivity contribution in [3.8, 4) is 0 Å². The van der Waals surface area contributed by atoms with E-state index in [4.69, 9.17) is 9.47 Å². The second-order valence-electron chi connectivity index (χ2n) is 7.32. The lowest BCUT2D eigenvalue weighted by Crippen LogP contribution is -2.49. The second-order valence-corrected chi connectivity index (χ2v) is 7.32. The molecule has 0 aromatic heterocycles. The highest BCUT2D eigenvalue weighted by molar-refractivity contribution is 5.81. The lowest BCUT2D eigenvalue weighted by molar-refractivity contribution is -0.147. The van der Waals surface area contributed by atoms with Crippen LogP contribution in [-0.2, 0) is 14.3 Å². The Balaban J connectivity index is 2.76. The summed E-state index contributed by atoms with van der Waals surface area (Å²) in [5.41, 5.74) is 2.22. The van der Waals surface area contributed by atoms with Crippen LogP contribution in [0, 0.1) is 5.92 Å². The molecule has 0 radical (unpaired) electrons. The van der Waals surface area contributed by atoms with E-state index < -0.39 is 17.7 Å².